The first-order valence-corrected chi connectivity index (χ1v) is 9.49. The molecule has 1 amide bonds. The van der Waals surface area contributed by atoms with Crippen molar-refractivity contribution in [2.24, 2.45) is 0 Å². The molecule has 2 rings (SSSR count). The van der Waals surface area contributed by atoms with Gasteiger partial charge in [-0.25, -0.2) is 4.79 Å². The molecule has 0 atom stereocenters. The fraction of sp³-hybridized carbons (Fsp3) is 0.318. The zero-order valence-corrected chi connectivity index (χ0v) is 17.2. The number of methoxy groups -OCH3 is 1. The van der Waals surface area contributed by atoms with Gasteiger partial charge < -0.3 is 24.3 Å². The average Bonchev–Trinajstić information content (AvgIpc) is 2.77. The van der Waals surface area contributed by atoms with Crippen LogP contribution in [-0.2, 0) is 20.9 Å². The zero-order chi connectivity index (χ0) is 21.9. The lowest BCUT2D eigenvalue weighted by Crippen LogP contribution is -2.30. The summed E-state index contributed by atoms with van der Waals surface area (Å²) in [6, 6.07) is 11.4. The Hall–Kier alpha value is -3.55. The van der Waals surface area contributed by atoms with Crippen LogP contribution in [0, 0.1) is 0 Å². The lowest BCUT2D eigenvalue weighted by atomic mass is 10.1. The van der Waals surface area contributed by atoms with Gasteiger partial charge >= 0.3 is 11.9 Å². The predicted octanol–water partition coefficient (Wildman–Crippen LogP) is 2.74. The van der Waals surface area contributed by atoms with Crippen LogP contribution in [-0.4, -0.2) is 44.7 Å². The second-order valence-corrected chi connectivity index (χ2v) is 6.06. The van der Waals surface area contributed by atoms with E-state index >= 15 is 0 Å². The van der Waals surface area contributed by atoms with Crippen molar-refractivity contribution in [2.75, 3.05) is 26.9 Å². The third-order valence-electron chi connectivity index (χ3n) is 3.95. The molecule has 0 radical (unpaired) electrons. The first-order chi connectivity index (χ1) is 14.5. The zero-order valence-electron chi connectivity index (χ0n) is 17.2. The Kier molecular flexibility index (Phi) is 8.68. The monoisotopic (exact) mass is 415 g/mol. The number of rotatable bonds is 10. The summed E-state index contributed by atoms with van der Waals surface area (Å²) in [6.07, 6.45) is 0. The maximum Gasteiger partial charge on any atom is 0.337 e. The molecule has 0 spiro atoms. The van der Waals surface area contributed by atoms with Crippen molar-refractivity contribution in [1.82, 2.24) is 5.32 Å². The van der Waals surface area contributed by atoms with E-state index in [-0.39, 0.29) is 13.2 Å². The van der Waals surface area contributed by atoms with Gasteiger partial charge in [0.1, 0.15) is 13.2 Å². The highest BCUT2D eigenvalue weighted by molar-refractivity contribution is 5.96. The van der Waals surface area contributed by atoms with Crippen LogP contribution in [0.2, 0.25) is 0 Å². The Morgan fingerprint density at radius 3 is 2.33 bits per heavy atom. The highest BCUT2D eigenvalue weighted by atomic mass is 16.5. The molecule has 2 aromatic rings. The molecule has 0 aromatic heterocycles. The normalized spacial score (nSPS) is 10.1. The first-order valence-electron chi connectivity index (χ1n) is 9.49. The number of nitrogens with one attached hydrogen (secondary N) is 1. The summed E-state index contributed by atoms with van der Waals surface area (Å²) >= 11 is 0. The molecule has 0 heterocycles. The molecular weight excluding hydrogens is 390 g/mol. The van der Waals surface area contributed by atoms with Crippen molar-refractivity contribution in [2.45, 2.75) is 20.5 Å². The van der Waals surface area contributed by atoms with Crippen LogP contribution >= 0.6 is 0 Å². The van der Waals surface area contributed by atoms with Crippen molar-refractivity contribution in [1.29, 1.82) is 0 Å². The second kappa shape index (κ2) is 11.5. The molecule has 0 fully saturated rings. The van der Waals surface area contributed by atoms with Crippen molar-refractivity contribution >= 4 is 17.8 Å². The van der Waals surface area contributed by atoms with Gasteiger partial charge in [-0.05, 0) is 49.7 Å². The van der Waals surface area contributed by atoms with Gasteiger partial charge in [0, 0.05) is 5.56 Å². The van der Waals surface area contributed by atoms with Crippen LogP contribution in [0.1, 0.15) is 40.1 Å². The molecule has 0 aliphatic rings. The summed E-state index contributed by atoms with van der Waals surface area (Å²) in [5, 5.41) is 2.51. The van der Waals surface area contributed by atoms with E-state index in [0.29, 0.717) is 41.4 Å². The summed E-state index contributed by atoms with van der Waals surface area (Å²) in [5.74, 6) is -0.520. The summed E-state index contributed by atoms with van der Waals surface area (Å²) in [5.41, 5.74) is 1.32. The summed E-state index contributed by atoms with van der Waals surface area (Å²) in [7, 11) is 1.29. The highest BCUT2D eigenvalue weighted by Gasteiger charge is 2.13. The minimum absolute atomic E-state index is 0.0307. The number of hydrogen-bond acceptors (Lipinski definition) is 7. The van der Waals surface area contributed by atoms with Gasteiger partial charge in [0.15, 0.2) is 11.5 Å². The SMILES string of the molecule is CCOc1ccc(C(=O)NCC(=O)OCc2cccc(C(=O)OC)c2)cc1OCC. The minimum atomic E-state index is -0.609. The fourth-order valence-electron chi connectivity index (χ4n) is 2.57. The van der Waals surface area contributed by atoms with E-state index in [0.717, 1.165) is 0 Å². The van der Waals surface area contributed by atoms with Crippen LogP contribution < -0.4 is 14.8 Å². The molecular formula is C22H25NO7. The van der Waals surface area contributed by atoms with Gasteiger partial charge in [-0.15, -0.1) is 0 Å². The van der Waals surface area contributed by atoms with Crippen LogP contribution in [0.4, 0.5) is 0 Å². The minimum Gasteiger partial charge on any atom is -0.490 e. The highest BCUT2D eigenvalue weighted by Crippen LogP contribution is 2.28. The largest absolute Gasteiger partial charge is 0.490 e. The van der Waals surface area contributed by atoms with Crippen molar-refractivity contribution in [3.8, 4) is 11.5 Å². The molecule has 8 heteroatoms. The Bertz CT molecular complexity index is 895. The van der Waals surface area contributed by atoms with Gasteiger partial charge in [0.2, 0.25) is 0 Å². The molecule has 0 aliphatic heterocycles. The number of ether oxygens (including phenoxy) is 4. The summed E-state index contributed by atoms with van der Waals surface area (Å²) in [4.78, 5) is 35.8. The van der Waals surface area contributed by atoms with Crippen molar-refractivity contribution < 1.29 is 33.3 Å². The third-order valence-corrected chi connectivity index (χ3v) is 3.95. The van der Waals surface area contributed by atoms with Gasteiger partial charge in [0.25, 0.3) is 5.91 Å². The third kappa shape index (κ3) is 6.51. The number of carbonyl (C=O) groups is 3. The van der Waals surface area contributed by atoms with Gasteiger partial charge in [-0.2, -0.15) is 0 Å². The summed E-state index contributed by atoms with van der Waals surface area (Å²) < 4.78 is 20.8. The second-order valence-electron chi connectivity index (χ2n) is 6.06. The molecule has 0 saturated heterocycles. The number of amides is 1. The molecule has 2 aromatic carbocycles. The number of benzene rings is 2. The average molecular weight is 415 g/mol. The van der Waals surface area contributed by atoms with Crippen LogP contribution in [0.5, 0.6) is 11.5 Å². The van der Waals surface area contributed by atoms with Gasteiger partial charge in [-0.1, -0.05) is 12.1 Å². The topological polar surface area (TPSA) is 100 Å². The quantitative estimate of drug-likeness (QED) is 0.596. The number of hydrogen-bond donors (Lipinski definition) is 1. The predicted molar refractivity (Wildman–Crippen MR) is 109 cm³/mol. The molecule has 30 heavy (non-hydrogen) atoms. The first kappa shape index (κ1) is 22.7. The van der Waals surface area contributed by atoms with Crippen molar-refractivity contribution in [3.05, 3.63) is 59.2 Å². The maximum atomic E-state index is 12.3. The maximum absolute atomic E-state index is 12.3. The fourth-order valence-corrected chi connectivity index (χ4v) is 2.57. The lowest BCUT2D eigenvalue weighted by molar-refractivity contribution is -0.143. The van der Waals surface area contributed by atoms with Crippen molar-refractivity contribution in [3.63, 3.8) is 0 Å². The number of esters is 2. The van der Waals surface area contributed by atoms with E-state index in [1.165, 1.54) is 7.11 Å². The van der Waals surface area contributed by atoms with Crippen LogP contribution in [0.3, 0.4) is 0 Å². The Labute approximate surface area is 175 Å². The van der Waals surface area contributed by atoms with E-state index in [1.807, 2.05) is 13.8 Å². The van der Waals surface area contributed by atoms with E-state index in [9.17, 15) is 14.4 Å². The van der Waals surface area contributed by atoms with E-state index < -0.39 is 17.8 Å². The molecule has 0 aliphatic carbocycles. The van der Waals surface area contributed by atoms with Gasteiger partial charge in [-0.3, -0.25) is 9.59 Å². The standard InChI is InChI=1S/C22H25NO7/c1-4-28-18-10-9-16(12-19(18)29-5-2)21(25)23-13-20(24)30-14-15-7-6-8-17(11-15)22(26)27-3/h6-12H,4-5,13-14H2,1-3H3,(H,23,25). The lowest BCUT2D eigenvalue weighted by Gasteiger charge is -2.12. The Balaban J connectivity index is 1.89. The smallest absolute Gasteiger partial charge is 0.337 e. The van der Waals surface area contributed by atoms with E-state index in [4.69, 9.17) is 14.2 Å². The molecule has 0 unspecified atom stereocenters. The Morgan fingerprint density at radius 1 is 0.900 bits per heavy atom. The summed E-state index contributed by atoms with van der Waals surface area (Å²) in [6.45, 7) is 4.26. The molecule has 0 saturated carbocycles. The van der Waals surface area contributed by atoms with Crippen LogP contribution in [0.15, 0.2) is 42.5 Å². The van der Waals surface area contributed by atoms with Gasteiger partial charge in [0.05, 0.1) is 25.9 Å². The Morgan fingerprint density at radius 2 is 1.63 bits per heavy atom. The molecule has 1 N–H and O–H groups in total. The number of carbonyl (C=O) groups excluding carboxylic acids is 3. The van der Waals surface area contributed by atoms with E-state index in [1.54, 1.807) is 42.5 Å². The molecule has 160 valence electrons. The molecule has 8 nitrogen and oxygen atoms in total. The van der Waals surface area contributed by atoms with E-state index in [2.05, 4.69) is 10.1 Å². The van der Waals surface area contributed by atoms with Crippen LogP contribution in [0.25, 0.3) is 0 Å². The molecule has 0 bridgehead atoms.